The van der Waals surface area contributed by atoms with Gasteiger partial charge < -0.3 is 4.90 Å². The Morgan fingerprint density at radius 3 is 2.33 bits per heavy atom. The lowest BCUT2D eigenvalue weighted by Gasteiger charge is -2.20. The molecule has 4 nitrogen and oxygen atoms in total. The van der Waals surface area contributed by atoms with Gasteiger partial charge in [0.1, 0.15) is 5.69 Å². The zero-order valence-electron chi connectivity index (χ0n) is 11.3. The van der Waals surface area contributed by atoms with Crippen molar-refractivity contribution >= 4 is 11.4 Å². The van der Waals surface area contributed by atoms with Crippen LogP contribution in [0.5, 0.6) is 0 Å². The van der Waals surface area contributed by atoms with Gasteiger partial charge in [0, 0.05) is 19.2 Å². The average molecular weight is 300 g/mol. The van der Waals surface area contributed by atoms with Crippen LogP contribution >= 0.6 is 0 Å². The van der Waals surface area contributed by atoms with Crippen LogP contribution in [0.2, 0.25) is 0 Å². The highest BCUT2D eigenvalue weighted by atomic mass is 19.4. The molecule has 0 radical (unpaired) electrons. The van der Waals surface area contributed by atoms with E-state index >= 15 is 0 Å². The first-order valence-corrected chi connectivity index (χ1v) is 6.97. The van der Waals surface area contributed by atoms with Crippen molar-refractivity contribution in [2.45, 2.75) is 25.4 Å². The van der Waals surface area contributed by atoms with E-state index in [1.54, 1.807) is 4.90 Å². The lowest BCUT2D eigenvalue weighted by Crippen LogP contribution is -2.22. The molecular formula is C14H15F3N2O2. The molecule has 0 N–H and O–H groups in total. The molecule has 0 bridgehead atoms. The molecule has 0 aromatic heterocycles. The van der Waals surface area contributed by atoms with Crippen molar-refractivity contribution in [1.29, 1.82) is 0 Å². The summed E-state index contributed by atoms with van der Waals surface area (Å²) in [4.78, 5) is 12.2. The van der Waals surface area contributed by atoms with E-state index in [0.717, 1.165) is 37.5 Å². The molecule has 0 amide bonds. The van der Waals surface area contributed by atoms with Crippen LogP contribution in [0.3, 0.4) is 0 Å². The van der Waals surface area contributed by atoms with Crippen molar-refractivity contribution in [1.82, 2.24) is 0 Å². The number of nitro benzene ring substituents is 1. The van der Waals surface area contributed by atoms with Gasteiger partial charge in [-0.1, -0.05) is 6.42 Å². The largest absolute Gasteiger partial charge is 0.416 e. The normalized spacial score (nSPS) is 25.2. The number of fused-ring (bicyclic) bond motifs is 1. The SMILES string of the molecule is O=[N+]([O-])c1ccc(C(F)(F)F)cc1N1CC2CCCC2C1. The van der Waals surface area contributed by atoms with Crippen LogP contribution in [0, 0.1) is 22.0 Å². The Bertz CT molecular complexity index is 562. The van der Waals surface area contributed by atoms with Gasteiger partial charge in [0.2, 0.25) is 0 Å². The molecular weight excluding hydrogens is 285 g/mol. The molecule has 1 aliphatic heterocycles. The Hall–Kier alpha value is -1.79. The highest BCUT2D eigenvalue weighted by Gasteiger charge is 2.39. The molecule has 1 saturated heterocycles. The first kappa shape index (κ1) is 14.2. The van der Waals surface area contributed by atoms with Crippen molar-refractivity contribution in [3.05, 3.63) is 33.9 Å². The summed E-state index contributed by atoms with van der Waals surface area (Å²) in [5.74, 6) is 0.915. The van der Waals surface area contributed by atoms with Crippen LogP contribution in [-0.4, -0.2) is 18.0 Å². The molecule has 0 spiro atoms. The summed E-state index contributed by atoms with van der Waals surface area (Å²) < 4.78 is 38.5. The Morgan fingerprint density at radius 2 is 1.81 bits per heavy atom. The number of hydrogen-bond acceptors (Lipinski definition) is 3. The highest BCUT2D eigenvalue weighted by Crippen LogP contribution is 2.43. The molecule has 2 fully saturated rings. The summed E-state index contributed by atoms with van der Waals surface area (Å²) in [5, 5.41) is 11.1. The van der Waals surface area contributed by atoms with Crippen LogP contribution < -0.4 is 4.90 Å². The molecule has 2 unspecified atom stereocenters. The number of anilines is 1. The van der Waals surface area contributed by atoms with E-state index in [-0.39, 0.29) is 11.4 Å². The second-order valence-electron chi connectivity index (χ2n) is 5.81. The second kappa shape index (κ2) is 4.89. The van der Waals surface area contributed by atoms with E-state index in [4.69, 9.17) is 0 Å². The third-order valence-corrected chi connectivity index (χ3v) is 4.57. The smallest absolute Gasteiger partial charge is 0.365 e. The topological polar surface area (TPSA) is 46.4 Å². The fourth-order valence-corrected chi connectivity index (χ4v) is 3.54. The Morgan fingerprint density at radius 1 is 1.19 bits per heavy atom. The molecule has 7 heteroatoms. The van der Waals surface area contributed by atoms with E-state index in [2.05, 4.69) is 0 Å². The third-order valence-electron chi connectivity index (χ3n) is 4.57. The van der Waals surface area contributed by atoms with Crippen molar-refractivity contribution in [2.24, 2.45) is 11.8 Å². The summed E-state index contributed by atoms with van der Waals surface area (Å²) in [7, 11) is 0. The van der Waals surface area contributed by atoms with Crippen molar-refractivity contribution in [3.63, 3.8) is 0 Å². The van der Waals surface area contributed by atoms with Gasteiger partial charge in [-0.15, -0.1) is 0 Å². The Labute approximate surface area is 119 Å². The van der Waals surface area contributed by atoms with E-state index in [0.29, 0.717) is 24.9 Å². The zero-order valence-corrected chi connectivity index (χ0v) is 11.3. The second-order valence-corrected chi connectivity index (χ2v) is 5.81. The van der Waals surface area contributed by atoms with Gasteiger partial charge >= 0.3 is 6.18 Å². The summed E-state index contributed by atoms with van der Waals surface area (Å²) in [6.07, 6.45) is -1.21. The summed E-state index contributed by atoms with van der Waals surface area (Å²) in [6.45, 7) is 1.24. The molecule has 2 atom stereocenters. The molecule has 1 aromatic rings. The predicted molar refractivity (Wildman–Crippen MR) is 71.1 cm³/mol. The van der Waals surface area contributed by atoms with Gasteiger partial charge in [-0.3, -0.25) is 10.1 Å². The number of halogens is 3. The molecule has 1 heterocycles. The minimum Gasteiger partial charge on any atom is -0.365 e. The molecule has 3 rings (SSSR count). The van der Waals surface area contributed by atoms with E-state index < -0.39 is 16.7 Å². The first-order chi connectivity index (χ1) is 9.86. The molecule has 2 aliphatic rings. The van der Waals surface area contributed by atoms with Crippen LogP contribution in [0.4, 0.5) is 24.5 Å². The number of nitro groups is 1. The summed E-state index contributed by atoms with van der Waals surface area (Å²) >= 11 is 0. The van der Waals surface area contributed by atoms with Gasteiger partial charge in [-0.2, -0.15) is 13.2 Å². The van der Waals surface area contributed by atoms with Gasteiger partial charge in [-0.05, 0) is 36.8 Å². The maximum absolute atomic E-state index is 12.8. The number of hydrogen-bond donors (Lipinski definition) is 0. The van der Waals surface area contributed by atoms with Gasteiger partial charge in [0.05, 0.1) is 10.5 Å². The molecule has 1 aromatic carbocycles. The van der Waals surface area contributed by atoms with Crippen molar-refractivity contribution in [2.75, 3.05) is 18.0 Å². The van der Waals surface area contributed by atoms with Gasteiger partial charge in [0.15, 0.2) is 0 Å². The number of alkyl halides is 3. The fourth-order valence-electron chi connectivity index (χ4n) is 3.54. The number of benzene rings is 1. The Kier molecular flexibility index (Phi) is 3.30. The highest BCUT2D eigenvalue weighted by molar-refractivity contribution is 5.65. The fraction of sp³-hybridized carbons (Fsp3) is 0.571. The lowest BCUT2D eigenvalue weighted by molar-refractivity contribution is -0.384. The molecule has 1 saturated carbocycles. The van der Waals surface area contributed by atoms with E-state index in [9.17, 15) is 23.3 Å². The third kappa shape index (κ3) is 2.56. The van der Waals surface area contributed by atoms with Crippen LogP contribution in [-0.2, 0) is 6.18 Å². The van der Waals surface area contributed by atoms with Crippen LogP contribution in [0.1, 0.15) is 24.8 Å². The average Bonchev–Trinajstić information content (AvgIpc) is 2.97. The Balaban J connectivity index is 1.97. The maximum Gasteiger partial charge on any atom is 0.416 e. The standard InChI is InChI=1S/C14H15F3N2O2/c15-14(16,17)11-4-5-12(19(20)21)13(6-11)18-7-9-2-1-3-10(9)8-18/h4-6,9-10H,1-3,7-8H2. The van der Waals surface area contributed by atoms with E-state index in [1.807, 2.05) is 0 Å². The van der Waals surface area contributed by atoms with E-state index in [1.165, 1.54) is 0 Å². The number of rotatable bonds is 2. The van der Waals surface area contributed by atoms with Gasteiger partial charge in [-0.25, -0.2) is 0 Å². The van der Waals surface area contributed by atoms with Crippen LogP contribution in [0.15, 0.2) is 18.2 Å². The lowest BCUT2D eigenvalue weighted by atomic mass is 10.0. The van der Waals surface area contributed by atoms with Crippen molar-refractivity contribution < 1.29 is 18.1 Å². The minimum absolute atomic E-state index is 0.101. The van der Waals surface area contributed by atoms with Gasteiger partial charge in [0.25, 0.3) is 5.69 Å². The minimum atomic E-state index is -4.49. The molecule has 114 valence electrons. The first-order valence-electron chi connectivity index (χ1n) is 6.97. The monoisotopic (exact) mass is 300 g/mol. The number of nitrogens with zero attached hydrogens (tertiary/aromatic N) is 2. The predicted octanol–water partition coefficient (Wildman–Crippen LogP) is 3.85. The molecule has 1 aliphatic carbocycles. The summed E-state index contributed by atoms with van der Waals surface area (Å²) in [5.41, 5.74) is -0.979. The van der Waals surface area contributed by atoms with Crippen LogP contribution in [0.25, 0.3) is 0 Å². The zero-order chi connectivity index (χ0) is 15.2. The summed E-state index contributed by atoms with van der Waals surface area (Å²) in [6, 6.07) is 2.66. The maximum atomic E-state index is 12.8. The van der Waals surface area contributed by atoms with Crippen molar-refractivity contribution in [3.8, 4) is 0 Å². The quantitative estimate of drug-likeness (QED) is 0.615. The molecule has 21 heavy (non-hydrogen) atoms.